The zero-order valence-corrected chi connectivity index (χ0v) is 10.7. The smallest absolute Gasteiger partial charge is 0.306 e. The normalized spacial score (nSPS) is 10.0. The first-order valence-corrected chi connectivity index (χ1v) is 6.22. The number of amides is 2. The molecule has 2 rings (SSSR count). The fourth-order valence-corrected chi connectivity index (χ4v) is 2.01. The molecule has 0 aliphatic carbocycles. The Kier molecular flexibility index (Phi) is 3.83. The van der Waals surface area contributed by atoms with Gasteiger partial charge in [-0.15, -0.1) is 11.3 Å². The second kappa shape index (κ2) is 5.35. The molecular formula is C10H7Cl2N3OS. The minimum absolute atomic E-state index is 0.309. The van der Waals surface area contributed by atoms with Crippen molar-refractivity contribution in [3.8, 4) is 0 Å². The molecule has 2 aromatic rings. The number of carbonyl (C=O) groups is 1. The molecule has 0 bridgehead atoms. The van der Waals surface area contributed by atoms with Crippen molar-refractivity contribution in [2.45, 2.75) is 0 Å². The Labute approximate surface area is 112 Å². The summed E-state index contributed by atoms with van der Waals surface area (Å²) in [6, 6.07) is 4.60. The highest BCUT2D eigenvalue weighted by atomic mass is 35.5. The Hall–Kier alpha value is -1.30. The van der Waals surface area contributed by atoms with E-state index in [0.717, 1.165) is 0 Å². The van der Waals surface area contributed by atoms with Gasteiger partial charge in [0.05, 0.1) is 15.7 Å². The highest BCUT2D eigenvalue weighted by molar-refractivity contribution is 7.13. The van der Waals surface area contributed by atoms with Crippen LogP contribution >= 0.6 is 34.5 Å². The Morgan fingerprint density at radius 1 is 1.29 bits per heavy atom. The molecule has 1 aromatic carbocycles. The lowest BCUT2D eigenvalue weighted by Crippen LogP contribution is -2.19. The van der Waals surface area contributed by atoms with Crippen molar-refractivity contribution in [3.05, 3.63) is 39.8 Å². The Morgan fingerprint density at radius 3 is 2.82 bits per heavy atom. The molecule has 7 heteroatoms. The number of hydrogen-bond acceptors (Lipinski definition) is 3. The van der Waals surface area contributed by atoms with Crippen molar-refractivity contribution in [1.29, 1.82) is 0 Å². The maximum Gasteiger partial charge on any atom is 0.325 e. The third-order valence-electron chi connectivity index (χ3n) is 1.85. The summed E-state index contributed by atoms with van der Waals surface area (Å²) < 4.78 is 0. The van der Waals surface area contributed by atoms with Gasteiger partial charge in [-0.05, 0) is 12.1 Å². The molecular weight excluding hydrogens is 281 g/mol. The number of benzene rings is 1. The van der Waals surface area contributed by atoms with Crippen LogP contribution in [0.15, 0.2) is 29.8 Å². The summed E-state index contributed by atoms with van der Waals surface area (Å²) in [5.41, 5.74) is 0.452. The molecule has 0 aliphatic heterocycles. The first-order valence-electron chi connectivity index (χ1n) is 4.58. The van der Waals surface area contributed by atoms with Gasteiger partial charge in [0.25, 0.3) is 0 Å². The van der Waals surface area contributed by atoms with E-state index in [2.05, 4.69) is 15.6 Å². The van der Waals surface area contributed by atoms with Crippen LogP contribution in [0.4, 0.5) is 15.6 Å². The van der Waals surface area contributed by atoms with Crippen LogP contribution in [0.1, 0.15) is 0 Å². The first kappa shape index (κ1) is 12.2. The van der Waals surface area contributed by atoms with E-state index in [1.807, 2.05) is 0 Å². The molecule has 0 fully saturated rings. The van der Waals surface area contributed by atoms with E-state index in [9.17, 15) is 4.79 Å². The molecule has 0 radical (unpaired) electrons. The highest BCUT2D eigenvalue weighted by Crippen LogP contribution is 2.29. The van der Waals surface area contributed by atoms with Crippen LogP contribution in [0.3, 0.4) is 0 Å². The minimum Gasteiger partial charge on any atom is -0.306 e. The van der Waals surface area contributed by atoms with Gasteiger partial charge >= 0.3 is 6.03 Å². The number of anilines is 2. The second-order valence-corrected chi connectivity index (χ2v) is 4.70. The summed E-state index contributed by atoms with van der Waals surface area (Å²) in [7, 11) is 0. The monoisotopic (exact) mass is 287 g/mol. The highest BCUT2D eigenvalue weighted by Gasteiger charge is 2.08. The Bertz CT molecular complexity index is 530. The lowest BCUT2D eigenvalue weighted by Gasteiger charge is -2.07. The van der Waals surface area contributed by atoms with E-state index in [1.54, 1.807) is 29.8 Å². The fraction of sp³-hybridized carbons (Fsp3) is 0. The SMILES string of the molecule is O=C(Nc1nccs1)Nc1cccc(Cl)c1Cl. The van der Waals surface area contributed by atoms with Crippen molar-refractivity contribution < 1.29 is 4.79 Å². The largest absolute Gasteiger partial charge is 0.325 e. The van der Waals surface area contributed by atoms with E-state index < -0.39 is 6.03 Å². The van der Waals surface area contributed by atoms with E-state index in [1.165, 1.54) is 11.3 Å². The molecule has 2 amide bonds. The lowest BCUT2D eigenvalue weighted by atomic mass is 10.3. The fourth-order valence-electron chi connectivity index (χ4n) is 1.14. The van der Waals surface area contributed by atoms with E-state index >= 15 is 0 Å². The zero-order chi connectivity index (χ0) is 12.3. The predicted molar refractivity (Wildman–Crippen MR) is 71.2 cm³/mol. The third-order valence-corrected chi connectivity index (χ3v) is 3.36. The maximum atomic E-state index is 11.6. The van der Waals surface area contributed by atoms with Gasteiger partial charge < -0.3 is 5.32 Å². The number of hydrogen-bond donors (Lipinski definition) is 2. The molecule has 4 nitrogen and oxygen atoms in total. The van der Waals surface area contributed by atoms with Crippen LogP contribution in [0.25, 0.3) is 0 Å². The molecule has 0 unspecified atom stereocenters. The van der Waals surface area contributed by atoms with Crippen molar-refractivity contribution in [2.24, 2.45) is 0 Å². The minimum atomic E-state index is -0.413. The molecule has 17 heavy (non-hydrogen) atoms. The summed E-state index contributed by atoms with van der Waals surface area (Å²) in [5.74, 6) is 0. The number of rotatable bonds is 2. The maximum absolute atomic E-state index is 11.6. The molecule has 88 valence electrons. The molecule has 2 N–H and O–H groups in total. The van der Waals surface area contributed by atoms with Gasteiger partial charge in [-0.2, -0.15) is 0 Å². The lowest BCUT2D eigenvalue weighted by molar-refractivity contribution is 0.262. The molecule has 1 heterocycles. The molecule has 0 saturated carbocycles. The predicted octanol–water partition coefficient (Wildman–Crippen LogP) is 4.09. The van der Waals surface area contributed by atoms with Crippen LogP contribution < -0.4 is 10.6 Å². The second-order valence-electron chi connectivity index (χ2n) is 3.02. The third kappa shape index (κ3) is 3.09. The van der Waals surface area contributed by atoms with Crippen molar-refractivity contribution in [3.63, 3.8) is 0 Å². The van der Waals surface area contributed by atoms with Gasteiger partial charge in [0, 0.05) is 11.6 Å². The quantitative estimate of drug-likeness (QED) is 0.874. The van der Waals surface area contributed by atoms with Crippen LogP contribution in [-0.2, 0) is 0 Å². The first-order chi connectivity index (χ1) is 8.16. The Balaban J connectivity index is 2.06. The number of urea groups is 1. The average molecular weight is 288 g/mol. The van der Waals surface area contributed by atoms with Gasteiger partial charge in [-0.25, -0.2) is 9.78 Å². The number of aromatic nitrogens is 1. The molecule has 1 aromatic heterocycles. The van der Waals surface area contributed by atoms with Gasteiger partial charge in [0.15, 0.2) is 5.13 Å². The molecule has 0 aliphatic rings. The zero-order valence-electron chi connectivity index (χ0n) is 8.41. The topological polar surface area (TPSA) is 54.0 Å². The van der Waals surface area contributed by atoms with Crippen LogP contribution in [0.2, 0.25) is 10.0 Å². The summed E-state index contributed by atoms with van der Waals surface area (Å²) >= 11 is 13.1. The number of carbonyl (C=O) groups excluding carboxylic acids is 1. The van der Waals surface area contributed by atoms with Gasteiger partial charge in [0.1, 0.15) is 0 Å². The number of nitrogens with one attached hydrogen (secondary N) is 2. The Morgan fingerprint density at radius 2 is 2.12 bits per heavy atom. The van der Waals surface area contributed by atoms with E-state index in [-0.39, 0.29) is 0 Å². The summed E-state index contributed by atoms with van der Waals surface area (Å²) in [6.45, 7) is 0. The van der Waals surface area contributed by atoms with Crippen LogP contribution in [-0.4, -0.2) is 11.0 Å². The van der Waals surface area contributed by atoms with E-state index in [0.29, 0.717) is 20.9 Å². The summed E-state index contributed by atoms with van der Waals surface area (Å²) in [4.78, 5) is 15.5. The van der Waals surface area contributed by atoms with Crippen molar-refractivity contribution in [2.75, 3.05) is 10.6 Å². The number of thiazole rings is 1. The summed E-state index contributed by atoms with van der Waals surface area (Å²) in [6.07, 6.45) is 1.60. The van der Waals surface area contributed by atoms with Gasteiger partial charge in [-0.3, -0.25) is 5.32 Å². The molecule has 0 atom stereocenters. The van der Waals surface area contributed by atoms with Gasteiger partial charge in [0.2, 0.25) is 0 Å². The number of nitrogens with zero attached hydrogens (tertiary/aromatic N) is 1. The summed E-state index contributed by atoms with van der Waals surface area (Å²) in [5, 5.41) is 8.14. The van der Waals surface area contributed by atoms with E-state index in [4.69, 9.17) is 23.2 Å². The molecule has 0 saturated heterocycles. The van der Waals surface area contributed by atoms with Crippen molar-refractivity contribution in [1.82, 2.24) is 4.98 Å². The van der Waals surface area contributed by atoms with Crippen molar-refractivity contribution >= 4 is 51.4 Å². The van der Waals surface area contributed by atoms with Crippen LogP contribution in [0, 0.1) is 0 Å². The number of halogens is 2. The van der Waals surface area contributed by atoms with Crippen LogP contribution in [0.5, 0.6) is 0 Å². The molecule has 0 spiro atoms. The standard InChI is InChI=1S/C10H7Cl2N3OS/c11-6-2-1-3-7(8(6)12)14-9(16)15-10-13-4-5-17-10/h1-5H,(H2,13,14,15,16). The average Bonchev–Trinajstić information content (AvgIpc) is 2.77. The van der Waals surface area contributed by atoms with Gasteiger partial charge in [-0.1, -0.05) is 29.3 Å².